The lowest BCUT2D eigenvalue weighted by Crippen LogP contribution is -2.06. The number of rotatable bonds is 4. The molecule has 1 aromatic heterocycles. The van der Waals surface area contributed by atoms with Gasteiger partial charge in [0.05, 0.1) is 23.5 Å². The summed E-state index contributed by atoms with van der Waals surface area (Å²) >= 11 is 5.86. The predicted molar refractivity (Wildman–Crippen MR) is 71.7 cm³/mol. The van der Waals surface area contributed by atoms with E-state index < -0.39 is 5.97 Å². The summed E-state index contributed by atoms with van der Waals surface area (Å²) in [6.45, 7) is 3.98. The lowest BCUT2D eigenvalue weighted by Gasteiger charge is -2.08. The Balaban J connectivity index is 2.19. The number of halogens is 1. The second-order valence-corrected chi connectivity index (χ2v) is 4.53. The third-order valence-corrected chi connectivity index (χ3v) is 2.95. The van der Waals surface area contributed by atoms with Crippen molar-refractivity contribution < 1.29 is 14.3 Å². The van der Waals surface area contributed by atoms with Crippen LogP contribution in [0.4, 0.5) is 5.69 Å². The number of carboxylic acid groups (broad SMARTS) is 1. The maximum atomic E-state index is 11.1. The van der Waals surface area contributed by atoms with Gasteiger partial charge in [0.25, 0.3) is 0 Å². The largest absolute Gasteiger partial charge is 0.478 e. The van der Waals surface area contributed by atoms with E-state index in [1.807, 2.05) is 13.8 Å². The predicted octanol–water partition coefficient (Wildman–Crippen LogP) is 3.26. The number of nitrogens with zero attached hydrogens (tertiary/aromatic N) is 1. The van der Waals surface area contributed by atoms with E-state index >= 15 is 0 Å². The molecule has 2 N–H and O–H groups in total. The number of carbonyl (C=O) groups is 1. The average molecular weight is 281 g/mol. The van der Waals surface area contributed by atoms with E-state index in [1.165, 1.54) is 12.1 Å². The normalized spacial score (nSPS) is 10.5. The van der Waals surface area contributed by atoms with Gasteiger partial charge in [-0.15, -0.1) is 0 Å². The van der Waals surface area contributed by atoms with Crippen molar-refractivity contribution in [1.29, 1.82) is 0 Å². The number of anilines is 1. The molecule has 0 aliphatic heterocycles. The molecule has 0 aliphatic carbocycles. The van der Waals surface area contributed by atoms with E-state index in [9.17, 15) is 4.79 Å². The molecule has 0 spiro atoms. The van der Waals surface area contributed by atoms with Gasteiger partial charge in [-0.25, -0.2) is 9.78 Å². The zero-order valence-electron chi connectivity index (χ0n) is 10.5. The Labute approximate surface area is 115 Å². The van der Waals surface area contributed by atoms with Gasteiger partial charge < -0.3 is 14.8 Å². The molecule has 0 bridgehead atoms. The molecule has 0 unspecified atom stereocenters. The maximum Gasteiger partial charge on any atom is 0.337 e. The molecule has 6 heteroatoms. The number of carboxylic acids is 1. The van der Waals surface area contributed by atoms with Crippen molar-refractivity contribution in [2.75, 3.05) is 5.32 Å². The third kappa shape index (κ3) is 3.06. The molecule has 0 saturated carbocycles. The quantitative estimate of drug-likeness (QED) is 0.899. The van der Waals surface area contributed by atoms with Gasteiger partial charge in [0.15, 0.2) is 0 Å². The number of benzene rings is 1. The first kappa shape index (κ1) is 13.4. The number of nitrogens with one attached hydrogen (secondary N) is 1. The van der Waals surface area contributed by atoms with Crippen LogP contribution < -0.4 is 5.32 Å². The molecular formula is C13H13ClN2O3. The van der Waals surface area contributed by atoms with Crippen LogP contribution in [0.25, 0.3) is 0 Å². The van der Waals surface area contributed by atoms with E-state index in [1.54, 1.807) is 6.07 Å². The average Bonchev–Trinajstić information content (AvgIpc) is 2.66. The Bertz CT molecular complexity index is 603. The minimum absolute atomic E-state index is 0.157. The van der Waals surface area contributed by atoms with E-state index in [4.69, 9.17) is 21.1 Å². The van der Waals surface area contributed by atoms with Gasteiger partial charge in [0.1, 0.15) is 5.76 Å². The second kappa shape index (κ2) is 5.32. The van der Waals surface area contributed by atoms with Gasteiger partial charge in [-0.05, 0) is 32.0 Å². The summed E-state index contributed by atoms with van der Waals surface area (Å²) in [5.74, 6) is 0.242. The van der Waals surface area contributed by atoms with Crippen LogP contribution in [0.5, 0.6) is 0 Å². The van der Waals surface area contributed by atoms with Crippen LogP contribution in [0.3, 0.4) is 0 Å². The number of hydrogen-bond acceptors (Lipinski definition) is 4. The number of hydrogen-bond donors (Lipinski definition) is 2. The molecule has 1 heterocycles. The fourth-order valence-electron chi connectivity index (χ4n) is 1.63. The summed E-state index contributed by atoms with van der Waals surface area (Å²) in [5, 5.41) is 12.5. The molecule has 0 atom stereocenters. The van der Waals surface area contributed by atoms with Gasteiger partial charge in [0.2, 0.25) is 5.89 Å². The van der Waals surface area contributed by atoms with Crippen molar-refractivity contribution >= 4 is 23.3 Å². The lowest BCUT2D eigenvalue weighted by molar-refractivity contribution is 0.0698. The smallest absolute Gasteiger partial charge is 0.337 e. The van der Waals surface area contributed by atoms with Crippen LogP contribution >= 0.6 is 11.6 Å². The first-order valence-corrected chi connectivity index (χ1v) is 6.05. The van der Waals surface area contributed by atoms with Crippen molar-refractivity contribution in [1.82, 2.24) is 4.98 Å². The molecular weight excluding hydrogens is 268 g/mol. The van der Waals surface area contributed by atoms with Crippen molar-refractivity contribution in [2.45, 2.75) is 20.4 Å². The first-order chi connectivity index (χ1) is 8.97. The highest BCUT2D eigenvalue weighted by Gasteiger charge is 2.11. The van der Waals surface area contributed by atoms with E-state index in [0.717, 1.165) is 11.5 Å². The summed E-state index contributed by atoms with van der Waals surface area (Å²) in [6.07, 6.45) is 0. The van der Waals surface area contributed by atoms with Crippen molar-refractivity contribution in [2.24, 2.45) is 0 Å². The third-order valence-electron chi connectivity index (χ3n) is 2.71. The minimum atomic E-state index is -1.01. The fourth-order valence-corrected chi connectivity index (χ4v) is 1.81. The second-order valence-electron chi connectivity index (χ2n) is 4.10. The Morgan fingerprint density at radius 1 is 1.47 bits per heavy atom. The number of aromatic carboxylic acids is 1. The standard InChI is InChI=1S/C13H13ClN2O3/c1-7-8(2)19-12(16-7)6-15-11-5-9(14)3-4-10(11)13(17)18/h3-5,15H,6H2,1-2H3,(H,17,18). The highest BCUT2D eigenvalue weighted by Crippen LogP contribution is 2.22. The number of oxazole rings is 1. The van der Waals surface area contributed by atoms with Crippen LogP contribution in [-0.4, -0.2) is 16.1 Å². The highest BCUT2D eigenvalue weighted by atomic mass is 35.5. The topological polar surface area (TPSA) is 75.4 Å². The Hall–Kier alpha value is -2.01. The van der Waals surface area contributed by atoms with Gasteiger partial charge in [-0.2, -0.15) is 0 Å². The zero-order valence-corrected chi connectivity index (χ0v) is 11.3. The monoisotopic (exact) mass is 280 g/mol. The number of aryl methyl sites for hydroxylation is 2. The molecule has 0 radical (unpaired) electrons. The maximum absolute atomic E-state index is 11.1. The Morgan fingerprint density at radius 3 is 2.79 bits per heavy atom. The lowest BCUT2D eigenvalue weighted by atomic mass is 10.2. The van der Waals surface area contributed by atoms with Crippen molar-refractivity contribution in [3.05, 3.63) is 46.1 Å². The summed E-state index contributed by atoms with van der Waals surface area (Å²) in [5.41, 5.74) is 1.42. The first-order valence-electron chi connectivity index (χ1n) is 5.67. The van der Waals surface area contributed by atoms with E-state index in [0.29, 0.717) is 23.1 Å². The van der Waals surface area contributed by atoms with Crippen molar-refractivity contribution in [3.63, 3.8) is 0 Å². The molecule has 19 heavy (non-hydrogen) atoms. The van der Waals surface area contributed by atoms with Crippen LogP contribution in [0, 0.1) is 13.8 Å². The van der Waals surface area contributed by atoms with Gasteiger partial charge in [-0.3, -0.25) is 0 Å². The summed E-state index contributed by atoms with van der Waals surface area (Å²) in [4.78, 5) is 15.3. The van der Waals surface area contributed by atoms with Crippen LogP contribution in [0.2, 0.25) is 5.02 Å². The fraction of sp³-hybridized carbons (Fsp3) is 0.231. The minimum Gasteiger partial charge on any atom is -0.478 e. The van der Waals surface area contributed by atoms with Gasteiger partial charge >= 0.3 is 5.97 Å². The Morgan fingerprint density at radius 2 is 2.21 bits per heavy atom. The molecule has 1 aromatic carbocycles. The van der Waals surface area contributed by atoms with Crippen LogP contribution in [0.1, 0.15) is 27.7 Å². The summed E-state index contributed by atoms with van der Waals surface area (Å²) in [7, 11) is 0. The molecule has 2 aromatic rings. The van der Waals surface area contributed by atoms with Crippen LogP contribution in [-0.2, 0) is 6.54 Å². The molecule has 0 aliphatic rings. The molecule has 2 rings (SSSR count). The van der Waals surface area contributed by atoms with Gasteiger partial charge in [-0.1, -0.05) is 11.6 Å². The van der Waals surface area contributed by atoms with Crippen LogP contribution in [0.15, 0.2) is 22.6 Å². The highest BCUT2D eigenvalue weighted by molar-refractivity contribution is 6.31. The molecule has 5 nitrogen and oxygen atoms in total. The Kier molecular flexibility index (Phi) is 3.76. The molecule has 0 saturated heterocycles. The summed E-state index contributed by atoms with van der Waals surface area (Å²) < 4.78 is 5.41. The van der Waals surface area contributed by atoms with Gasteiger partial charge in [0, 0.05) is 5.02 Å². The van der Waals surface area contributed by atoms with E-state index in [-0.39, 0.29) is 5.56 Å². The molecule has 100 valence electrons. The zero-order chi connectivity index (χ0) is 14.0. The van der Waals surface area contributed by atoms with Crippen molar-refractivity contribution in [3.8, 4) is 0 Å². The summed E-state index contributed by atoms with van der Waals surface area (Å²) in [6, 6.07) is 4.56. The van der Waals surface area contributed by atoms with E-state index in [2.05, 4.69) is 10.3 Å². The SMILES string of the molecule is Cc1nc(CNc2cc(Cl)ccc2C(=O)O)oc1C. The number of aromatic nitrogens is 1. The molecule has 0 fully saturated rings. The molecule has 0 amide bonds.